The van der Waals surface area contributed by atoms with Crippen molar-refractivity contribution in [1.82, 2.24) is 0 Å². The molecule has 0 unspecified atom stereocenters. The molecule has 0 bridgehead atoms. The Bertz CT molecular complexity index is 1180. The monoisotopic (exact) mass is 933 g/mol. The van der Waals surface area contributed by atoms with Crippen LogP contribution < -0.4 is 0 Å². The maximum absolute atomic E-state index is 12.9. The van der Waals surface area contributed by atoms with Gasteiger partial charge in [0.2, 0.25) is 6.29 Å². The maximum atomic E-state index is 12.9. The minimum Gasteiger partial charge on any atom is -0.462 e. The molecule has 6 N–H and O–H groups in total. The first kappa shape index (κ1) is 59.4. The Kier molecular flexibility index (Phi) is 35.7. The Balaban J connectivity index is 1.78. The van der Waals surface area contributed by atoms with Crippen LogP contribution in [0.1, 0.15) is 206 Å². The van der Waals surface area contributed by atoms with Crippen molar-refractivity contribution in [3.63, 3.8) is 0 Å². The van der Waals surface area contributed by atoms with Crippen LogP contribution in [-0.4, -0.2) is 130 Å². The number of unbranched alkanes of at least 4 members (excludes halogenated alkanes) is 27. The topological polar surface area (TPSA) is 220 Å². The summed E-state index contributed by atoms with van der Waals surface area (Å²) in [6.07, 6.45) is 23.6. The van der Waals surface area contributed by atoms with Gasteiger partial charge < -0.3 is 54.3 Å². The van der Waals surface area contributed by atoms with E-state index < -0.39 is 80.0 Å². The van der Waals surface area contributed by atoms with Gasteiger partial charge in [-0.2, -0.15) is 0 Å². The molecule has 2 saturated heterocycles. The number of esters is 2. The summed E-state index contributed by atoms with van der Waals surface area (Å²) in [5.74, 6) is -1.09. The molecule has 2 heterocycles. The number of hydrogen-bond acceptors (Lipinski definition) is 15. The third kappa shape index (κ3) is 28.4. The van der Waals surface area contributed by atoms with Crippen molar-refractivity contribution in [3.8, 4) is 0 Å². The predicted octanol–water partition coefficient (Wildman–Crippen LogP) is 7.95. The quantitative estimate of drug-likeness (QED) is 0.0113. The lowest BCUT2D eigenvalue weighted by molar-refractivity contribution is -0.426. The third-order valence-corrected chi connectivity index (χ3v) is 12.4. The highest BCUT2D eigenvalue weighted by molar-refractivity contribution is 5.82. The first-order chi connectivity index (χ1) is 31.6. The molecule has 0 amide bonds. The largest absolute Gasteiger partial charge is 0.462 e. The summed E-state index contributed by atoms with van der Waals surface area (Å²) in [5, 5.41) is 61.4. The van der Waals surface area contributed by atoms with E-state index in [1.165, 1.54) is 141 Å². The van der Waals surface area contributed by atoms with Gasteiger partial charge in [-0.1, -0.05) is 187 Å². The van der Waals surface area contributed by atoms with Crippen LogP contribution in [0.25, 0.3) is 0 Å². The van der Waals surface area contributed by atoms with Crippen molar-refractivity contribution in [2.75, 3.05) is 26.4 Å². The van der Waals surface area contributed by atoms with E-state index in [4.69, 9.17) is 33.5 Å². The second-order valence-corrected chi connectivity index (χ2v) is 18.4. The molecule has 15 nitrogen and oxygen atoms in total. The summed E-state index contributed by atoms with van der Waals surface area (Å²) < 4.78 is 27.6. The van der Waals surface area contributed by atoms with E-state index in [2.05, 4.69) is 13.8 Å². The zero-order valence-electron chi connectivity index (χ0n) is 40.3. The van der Waals surface area contributed by atoms with Gasteiger partial charge in [0.1, 0.15) is 55.9 Å². The number of rotatable bonds is 41. The zero-order chi connectivity index (χ0) is 47.3. The van der Waals surface area contributed by atoms with Gasteiger partial charge in [-0.15, -0.1) is 0 Å². The minimum absolute atomic E-state index is 0.222. The molecule has 0 spiro atoms. The van der Waals surface area contributed by atoms with Gasteiger partial charge in [0, 0.05) is 12.5 Å². The predicted molar refractivity (Wildman–Crippen MR) is 247 cm³/mol. The molecule has 0 aliphatic carbocycles. The smallest absolute Gasteiger partial charge is 0.330 e. The van der Waals surface area contributed by atoms with E-state index in [1.54, 1.807) is 6.08 Å². The molecular weight excluding hydrogens is 841 g/mol. The highest BCUT2D eigenvalue weighted by Gasteiger charge is 2.45. The van der Waals surface area contributed by atoms with E-state index in [-0.39, 0.29) is 26.2 Å². The van der Waals surface area contributed by atoms with E-state index >= 15 is 0 Å². The molecule has 10 atom stereocenters. The van der Waals surface area contributed by atoms with Crippen LogP contribution in [0, 0.1) is 0 Å². The Hall–Kier alpha value is -1.76. The summed E-state index contributed by atoms with van der Waals surface area (Å²) in [4.78, 5) is 35.7. The van der Waals surface area contributed by atoms with E-state index in [0.29, 0.717) is 12.8 Å². The second kappa shape index (κ2) is 39.1. The molecule has 2 aliphatic heterocycles. The summed E-state index contributed by atoms with van der Waals surface area (Å²) >= 11 is 0. The van der Waals surface area contributed by atoms with Gasteiger partial charge in [0.25, 0.3) is 0 Å². The lowest BCUT2D eigenvalue weighted by atomic mass is 9.99. The fourth-order valence-corrected chi connectivity index (χ4v) is 8.11. The van der Waals surface area contributed by atoms with Crippen LogP contribution in [0.15, 0.2) is 12.2 Å². The average Bonchev–Trinajstić information content (AvgIpc) is 3.30. The van der Waals surface area contributed by atoms with Crippen molar-refractivity contribution in [3.05, 3.63) is 12.2 Å². The van der Waals surface area contributed by atoms with Crippen molar-refractivity contribution in [2.24, 2.45) is 0 Å². The van der Waals surface area contributed by atoms with Crippen LogP contribution in [0.3, 0.4) is 0 Å². The Morgan fingerprint density at radius 1 is 0.569 bits per heavy atom. The van der Waals surface area contributed by atoms with Crippen LogP contribution >= 0.6 is 0 Å². The number of carbonyl (C=O) groups excluding carboxylic acids is 2. The van der Waals surface area contributed by atoms with Crippen molar-refractivity contribution >= 4 is 11.9 Å². The number of allylic oxidation sites excluding steroid dienone is 1. The van der Waals surface area contributed by atoms with Gasteiger partial charge in [0.15, 0.2) is 12.4 Å². The highest BCUT2D eigenvalue weighted by Crippen LogP contribution is 2.24. The lowest BCUT2D eigenvalue weighted by Crippen LogP contribution is -2.60. The Morgan fingerprint density at radius 2 is 1.05 bits per heavy atom. The van der Waals surface area contributed by atoms with Crippen LogP contribution in [0.5, 0.6) is 0 Å². The van der Waals surface area contributed by atoms with E-state index in [9.17, 15) is 40.2 Å². The van der Waals surface area contributed by atoms with Crippen molar-refractivity contribution in [2.45, 2.75) is 268 Å². The first-order valence-corrected chi connectivity index (χ1v) is 25.9. The Labute approximate surface area is 391 Å². The molecule has 0 aromatic rings. The minimum atomic E-state index is -1.74. The van der Waals surface area contributed by atoms with Crippen molar-refractivity contribution < 1.29 is 73.7 Å². The molecule has 0 radical (unpaired) electrons. The Morgan fingerprint density at radius 3 is 1.57 bits per heavy atom. The molecule has 65 heavy (non-hydrogen) atoms. The standard InChI is InChI=1S/C50H92O15/c1-3-5-7-9-11-13-15-17-19-21-23-25-27-29-31-33-42(52)59-35-39(63-43(53)34-32-30-28-26-24-22-20-18-16-14-12-10-8-6-4-2)36-60-49-48(58)46(56)45(55)41(64-49)38-62-65-50-47(57)44(54)40(51)37-61-50/h32,34,39-41,44-51,54-58H,3-31,33,35-38H2,1-2H3/b34-32+/t39-,40+,41-,44-,45+,46+,47-,48-,49-,50-/m1/s1. The summed E-state index contributed by atoms with van der Waals surface area (Å²) in [6.45, 7) is 2.93. The number of ether oxygens (including phenoxy) is 5. The molecule has 2 rings (SSSR count). The fourth-order valence-electron chi connectivity index (χ4n) is 8.11. The summed E-state index contributed by atoms with van der Waals surface area (Å²) in [7, 11) is 0. The molecule has 0 saturated carbocycles. The number of aliphatic hydroxyl groups is 6. The van der Waals surface area contributed by atoms with Gasteiger partial charge in [-0.25, -0.2) is 14.6 Å². The molecular formula is C50H92O15. The molecule has 15 heteroatoms. The van der Waals surface area contributed by atoms with Crippen LogP contribution in [0.4, 0.5) is 0 Å². The van der Waals surface area contributed by atoms with Gasteiger partial charge >= 0.3 is 11.9 Å². The van der Waals surface area contributed by atoms with E-state index in [1.807, 2.05) is 0 Å². The second-order valence-electron chi connectivity index (χ2n) is 18.4. The number of aliphatic hydroxyl groups excluding tert-OH is 6. The zero-order valence-corrected chi connectivity index (χ0v) is 40.3. The number of carbonyl (C=O) groups is 2. The third-order valence-electron chi connectivity index (χ3n) is 12.4. The highest BCUT2D eigenvalue weighted by atomic mass is 17.2. The molecule has 0 aromatic carbocycles. The molecule has 2 aliphatic rings. The molecule has 0 aromatic heterocycles. The van der Waals surface area contributed by atoms with Gasteiger partial charge in [-0.3, -0.25) is 4.79 Å². The lowest BCUT2D eigenvalue weighted by Gasteiger charge is -2.40. The number of hydrogen-bond donors (Lipinski definition) is 6. The van der Waals surface area contributed by atoms with Crippen LogP contribution in [-0.2, 0) is 43.0 Å². The molecule has 382 valence electrons. The summed E-state index contributed by atoms with van der Waals surface area (Å²) in [6, 6.07) is 0. The SMILES string of the molecule is CCCCCCCCCCCCCCC/C=C/C(=O)O[C@H](COC(=O)CCCCCCCCCCCCCCCCC)CO[C@@H]1O[C@H](COO[C@H]2OC[C@H](O)[C@@H](O)[C@H]2O)[C@H](O)[C@H](O)[C@H]1O. The van der Waals surface area contributed by atoms with Gasteiger partial charge in [-0.05, 0) is 19.3 Å². The average molecular weight is 933 g/mol. The molecule has 2 fully saturated rings. The van der Waals surface area contributed by atoms with E-state index in [0.717, 1.165) is 38.5 Å². The normalized spacial score (nSPS) is 25.3. The first-order valence-electron chi connectivity index (χ1n) is 25.9. The van der Waals surface area contributed by atoms with Gasteiger partial charge in [0.05, 0.1) is 13.2 Å². The summed E-state index contributed by atoms with van der Waals surface area (Å²) in [5.41, 5.74) is 0. The van der Waals surface area contributed by atoms with Crippen LogP contribution in [0.2, 0.25) is 0 Å². The maximum Gasteiger partial charge on any atom is 0.330 e. The fraction of sp³-hybridized carbons (Fsp3) is 0.920. The van der Waals surface area contributed by atoms with Crippen molar-refractivity contribution in [1.29, 1.82) is 0 Å².